The predicted molar refractivity (Wildman–Crippen MR) is 78.8 cm³/mol. The number of carbonyl (C=O) groups excluding carboxylic acids is 1. The highest BCUT2D eigenvalue weighted by Gasteiger charge is 2.06. The summed E-state index contributed by atoms with van der Waals surface area (Å²) < 4.78 is 0. The minimum Gasteiger partial charge on any atom is -0.348 e. The number of carbonyl (C=O) groups is 1. The maximum Gasteiger partial charge on any atom is 0.251 e. The Morgan fingerprint density at radius 2 is 1.68 bits per heavy atom. The van der Waals surface area contributed by atoms with E-state index in [2.05, 4.69) is 11.9 Å². The number of nitrogens with one attached hydrogen (secondary N) is 1. The molecule has 2 aromatic carbocycles. The molecule has 1 amide bonds. The van der Waals surface area contributed by atoms with Gasteiger partial charge in [-0.15, -0.1) is 0 Å². The van der Waals surface area contributed by atoms with Crippen molar-refractivity contribution >= 4 is 11.5 Å². The topological polar surface area (TPSA) is 29.1 Å². The highest BCUT2D eigenvalue weighted by atomic mass is 16.1. The summed E-state index contributed by atoms with van der Waals surface area (Å²) in [5.41, 5.74) is 3.86. The van der Waals surface area contributed by atoms with E-state index < -0.39 is 0 Å². The zero-order chi connectivity index (χ0) is 13.7. The lowest BCUT2D eigenvalue weighted by Crippen LogP contribution is -2.23. The van der Waals surface area contributed by atoms with Crippen LogP contribution in [0.4, 0.5) is 0 Å². The summed E-state index contributed by atoms with van der Waals surface area (Å²) in [4.78, 5) is 12.0. The van der Waals surface area contributed by atoms with Crippen LogP contribution in [-0.4, -0.2) is 5.91 Å². The molecule has 0 aromatic heterocycles. The molecule has 0 saturated heterocycles. The van der Waals surface area contributed by atoms with Crippen molar-refractivity contribution in [2.24, 2.45) is 0 Å². The smallest absolute Gasteiger partial charge is 0.251 e. The lowest BCUT2D eigenvalue weighted by Gasteiger charge is -2.10. The number of benzene rings is 2. The molecule has 0 atom stereocenters. The first kappa shape index (κ1) is 13.1. The molecule has 0 spiro atoms. The highest BCUT2D eigenvalue weighted by Crippen LogP contribution is 2.16. The lowest BCUT2D eigenvalue weighted by atomic mass is 10.0. The summed E-state index contributed by atoms with van der Waals surface area (Å²) >= 11 is 0. The van der Waals surface area contributed by atoms with Crippen LogP contribution in [0.3, 0.4) is 0 Å². The van der Waals surface area contributed by atoms with Gasteiger partial charge in [0.15, 0.2) is 0 Å². The van der Waals surface area contributed by atoms with E-state index in [9.17, 15) is 4.79 Å². The molecule has 2 rings (SSSR count). The molecule has 0 aliphatic rings. The number of rotatable bonds is 4. The quantitative estimate of drug-likeness (QED) is 0.883. The van der Waals surface area contributed by atoms with Crippen LogP contribution in [0.2, 0.25) is 0 Å². The normalized spacial score (nSPS) is 9.95. The monoisotopic (exact) mass is 251 g/mol. The maximum atomic E-state index is 12.0. The Labute approximate surface area is 113 Å². The molecule has 0 heterocycles. The Morgan fingerprint density at radius 3 is 2.37 bits per heavy atom. The Balaban J connectivity index is 2.07. The van der Waals surface area contributed by atoms with E-state index in [1.54, 1.807) is 12.1 Å². The number of hydrogen-bond donors (Lipinski definition) is 1. The first-order chi connectivity index (χ1) is 9.18. The summed E-state index contributed by atoms with van der Waals surface area (Å²) in [6.45, 7) is 6.44. The van der Waals surface area contributed by atoms with Crippen molar-refractivity contribution < 1.29 is 4.79 Å². The summed E-state index contributed by atoms with van der Waals surface area (Å²) in [5.74, 6) is -0.0582. The molecule has 0 aliphatic carbocycles. The van der Waals surface area contributed by atoms with Crippen LogP contribution in [0.1, 0.15) is 28.4 Å². The lowest BCUT2D eigenvalue weighted by molar-refractivity contribution is 0.0951. The van der Waals surface area contributed by atoms with E-state index in [0.717, 1.165) is 16.7 Å². The van der Waals surface area contributed by atoms with Crippen LogP contribution in [-0.2, 0) is 6.54 Å². The molecule has 0 radical (unpaired) electrons. The summed E-state index contributed by atoms with van der Waals surface area (Å²) in [7, 11) is 0. The van der Waals surface area contributed by atoms with Gasteiger partial charge in [0.25, 0.3) is 5.91 Å². The van der Waals surface area contributed by atoms with E-state index in [0.29, 0.717) is 12.1 Å². The van der Waals surface area contributed by atoms with E-state index in [-0.39, 0.29) is 5.91 Å². The van der Waals surface area contributed by atoms with E-state index in [1.807, 2.05) is 49.4 Å². The van der Waals surface area contributed by atoms with Crippen molar-refractivity contribution in [1.82, 2.24) is 5.32 Å². The van der Waals surface area contributed by atoms with Gasteiger partial charge in [0.05, 0.1) is 0 Å². The van der Waals surface area contributed by atoms with Crippen molar-refractivity contribution in [1.29, 1.82) is 0 Å². The molecule has 0 aliphatic heterocycles. The van der Waals surface area contributed by atoms with Gasteiger partial charge in [-0.05, 0) is 30.2 Å². The molecule has 96 valence electrons. The molecule has 2 aromatic rings. The third-order valence-electron chi connectivity index (χ3n) is 2.95. The predicted octanol–water partition coefficient (Wildman–Crippen LogP) is 3.65. The zero-order valence-electron chi connectivity index (χ0n) is 11.0. The van der Waals surface area contributed by atoms with Crippen molar-refractivity contribution in [3.63, 3.8) is 0 Å². The molecule has 1 N–H and O–H groups in total. The number of amides is 1. The molecule has 2 nitrogen and oxygen atoms in total. The number of hydrogen-bond acceptors (Lipinski definition) is 1. The largest absolute Gasteiger partial charge is 0.348 e. The molecular weight excluding hydrogens is 234 g/mol. The molecule has 2 heteroatoms. The Kier molecular flexibility index (Phi) is 4.14. The first-order valence-electron chi connectivity index (χ1n) is 6.25. The number of allylic oxidation sites excluding steroid dienone is 1. The van der Waals surface area contributed by atoms with Gasteiger partial charge >= 0.3 is 0 Å². The van der Waals surface area contributed by atoms with Crippen LogP contribution in [0.5, 0.6) is 0 Å². The van der Waals surface area contributed by atoms with Crippen molar-refractivity contribution in [3.8, 4) is 0 Å². The summed E-state index contributed by atoms with van der Waals surface area (Å²) in [6, 6.07) is 17.2. The van der Waals surface area contributed by atoms with Gasteiger partial charge in [-0.25, -0.2) is 0 Å². The Morgan fingerprint density at radius 1 is 1.05 bits per heavy atom. The van der Waals surface area contributed by atoms with Gasteiger partial charge in [0, 0.05) is 12.1 Å². The molecule has 0 bridgehead atoms. The minimum absolute atomic E-state index is 0.0582. The van der Waals surface area contributed by atoms with Crippen LogP contribution in [0, 0.1) is 0 Å². The fourth-order valence-corrected chi connectivity index (χ4v) is 1.96. The van der Waals surface area contributed by atoms with Crippen LogP contribution >= 0.6 is 0 Å². The van der Waals surface area contributed by atoms with Gasteiger partial charge in [-0.1, -0.05) is 54.6 Å². The van der Waals surface area contributed by atoms with Gasteiger partial charge in [0.1, 0.15) is 0 Å². The van der Waals surface area contributed by atoms with E-state index in [4.69, 9.17) is 0 Å². The van der Waals surface area contributed by atoms with Crippen molar-refractivity contribution in [2.75, 3.05) is 0 Å². The van der Waals surface area contributed by atoms with Gasteiger partial charge in [-0.3, -0.25) is 4.79 Å². The van der Waals surface area contributed by atoms with Crippen LogP contribution < -0.4 is 5.32 Å². The SMILES string of the molecule is C=C(C)c1ccccc1CNC(=O)c1ccccc1. The van der Waals surface area contributed by atoms with Crippen molar-refractivity contribution in [3.05, 3.63) is 77.9 Å². The molecule has 0 saturated carbocycles. The molecule has 0 unspecified atom stereocenters. The fourth-order valence-electron chi connectivity index (χ4n) is 1.96. The van der Waals surface area contributed by atoms with Crippen molar-refractivity contribution in [2.45, 2.75) is 13.5 Å². The second kappa shape index (κ2) is 6.01. The maximum absolute atomic E-state index is 12.0. The van der Waals surface area contributed by atoms with E-state index >= 15 is 0 Å². The Hall–Kier alpha value is -2.35. The Bertz CT molecular complexity index is 587. The van der Waals surface area contributed by atoms with Gasteiger partial charge in [-0.2, -0.15) is 0 Å². The molecule has 19 heavy (non-hydrogen) atoms. The fraction of sp³-hybridized carbons (Fsp3) is 0.118. The summed E-state index contributed by atoms with van der Waals surface area (Å²) in [6.07, 6.45) is 0. The van der Waals surface area contributed by atoms with Gasteiger partial charge in [0.2, 0.25) is 0 Å². The highest BCUT2D eigenvalue weighted by molar-refractivity contribution is 5.94. The standard InChI is InChI=1S/C17H17NO/c1-13(2)16-11-7-6-10-15(16)12-18-17(19)14-8-4-3-5-9-14/h3-11H,1,12H2,2H3,(H,18,19). The summed E-state index contributed by atoms with van der Waals surface area (Å²) in [5, 5.41) is 2.93. The second-order valence-electron chi connectivity index (χ2n) is 4.49. The van der Waals surface area contributed by atoms with Gasteiger partial charge < -0.3 is 5.32 Å². The average Bonchev–Trinajstić information content (AvgIpc) is 2.46. The third kappa shape index (κ3) is 3.32. The van der Waals surface area contributed by atoms with Crippen LogP contribution in [0.25, 0.3) is 5.57 Å². The zero-order valence-corrected chi connectivity index (χ0v) is 11.0. The molecular formula is C17H17NO. The second-order valence-corrected chi connectivity index (χ2v) is 4.49. The first-order valence-corrected chi connectivity index (χ1v) is 6.25. The molecule has 0 fully saturated rings. The van der Waals surface area contributed by atoms with Crippen LogP contribution in [0.15, 0.2) is 61.2 Å². The van der Waals surface area contributed by atoms with E-state index in [1.165, 1.54) is 0 Å². The third-order valence-corrected chi connectivity index (χ3v) is 2.95. The average molecular weight is 251 g/mol. The minimum atomic E-state index is -0.0582.